The van der Waals surface area contributed by atoms with E-state index in [0.29, 0.717) is 11.6 Å². The van der Waals surface area contributed by atoms with E-state index in [4.69, 9.17) is 11.6 Å². The summed E-state index contributed by atoms with van der Waals surface area (Å²) >= 11 is 5.80. The molecule has 1 heterocycles. The SMILES string of the molecule is CS(=O)(=O)OCc1nnn(CCc2ccc(Cl)cc2)n1. The van der Waals surface area contributed by atoms with Crippen LogP contribution in [0.2, 0.25) is 5.02 Å². The Morgan fingerprint density at radius 1 is 1.30 bits per heavy atom. The second kappa shape index (κ2) is 6.29. The van der Waals surface area contributed by atoms with Crippen molar-refractivity contribution in [2.45, 2.75) is 19.6 Å². The molecule has 0 amide bonds. The first-order chi connectivity index (χ1) is 9.42. The third kappa shape index (κ3) is 4.87. The number of tetrazole rings is 1. The Hall–Kier alpha value is -1.51. The van der Waals surface area contributed by atoms with E-state index in [-0.39, 0.29) is 12.4 Å². The second-order valence-corrected chi connectivity index (χ2v) is 6.22. The number of halogens is 1. The first kappa shape index (κ1) is 14.9. The predicted molar refractivity (Wildman–Crippen MR) is 72.6 cm³/mol. The molecule has 0 spiro atoms. The minimum Gasteiger partial charge on any atom is -0.262 e. The Kier molecular flexibility index (Phi) is 4.69. The zero-order valence-corrected chi connectivity index (χ0v) is 12.3. The smallest absolute Gasteiger partial charge is 0.262 e. The molecule has 108 valence electrons. The number of hydrogen-bond acceptors (Lipinski definition) is 6. The van der Waals surface area contributed by atoms with Crippen molar-refractivity contribution >= 4 is 21.7 Å². The second-order valence-electron chi connectivity index (χ2n) is 4.14. The highest BCUT2D eigenvalue weighted by Gasteiger charge is 2.07. The van der Waals surface area contributed by atoms with Crippen molar-refractivity contribution in [3.63, 3.8) is 0 Å². The van der Waals surface area contributed by atoms with Gasteiger partial charge in [0.2, 0.25) is 5.82 Å². The van der Waals surface area contributed by atoms with Crippen molar-refractivity contribution in [3.05, 3.63) is 40.7 Å². The van der Waals surface area contributed by atoms with Crippen LogP contribution in [0.15, 0.2) is 24.3 Å². The largest absolute Gasteiger partial charge is 0.264 e. The third-order valence-corrected chi connectivity index (χ3v) is 3.21. The van der Waals surface area contributed by atoms with Gasteiger partial charge in [-0.15, -0.1) is 10.2 Å². The maximum atomic E-state index is 10.8. The van der Waals surface area contributed by atoms with Crippen molar-refractivity contribution in [3.8, 4) is 0 Å². The van der Waals surface area contributed by atoms with E-state index < -0.39 is 10.1 Å². The van der Waals surface area contributed by atoms with E-state index in [1.54, 1.807) is 0 Å². The zero-order valence-electron chi connectivity index (χ0n) is 10.7. The van der Waals surface area contributed by atoms with Crippen molar-refractivity contribution in [2.24, 2.45) is 0 Å². The number of hydrogen-bond donors (Lipinski definition) is 0. The number of aryl methyl sites for hydroxylation is 2. The molecule has 1 aromatic carbocycles. The van der Waals surface area contributed by atoms with Crippen LogP contribution in [0.3, 0.4) is 0 Å². The molecular formula is C11H13ClN4O3S. The van der Waals surface area contributed by atoms with Gasteiger partial charge in [0.05, 0.1) is 12.8 Å². The molecule has 2 rings (SSSR count). The number of nitrogens with zero attached hydrogens (tertiary/aromatic N) is 4. The highest BCUT2D eigenvalue weighted by molar-refractivity contribution is 7.85. The topological polar surface area (TPSA) is 87.0 Å². The highest BCUT2D eigenvalue weighted by Crippen LogP contribution is 2.10. The summed E-state index contributed by atoms with van der Waals surface area (Å²) in [6.07, 6.45) is 1.69. The number of rotatable bonds is 6. The van der Waals surface area contributed by atoms with E-state index in [1.807, 2.05) is 24.3 Å². The van der Waals surface area contributed by atoms with Crippen molar-refractivity contribution < 1.29 is 12.6 Å². The summed E-state index contributed by atoms with van der Waals surface area (Å²) < 4.78 is 26.3. The van der Waals surface area contributed by atoms with Crippen LogP contribution in [-0.2, 0) is 33.9 Å². The van der Waals surface area contributed by atoms with Gasteiger partial charge in [0, 0.05) is 5.02 Å². The lowest BCUT2D eigenvalue weighted by Crippen LogP contribution is -2.07. The van der Waals surface area contributed by atoms with Crippen LogP contribution in [0.1, 0.15) is 11.4 Å². The average molecular weight is 317 g/mol. The van der Waals surface area contributed by atoms with Gasteiger partial charge < -0.3 is 0 Å². The van der Waals surface area contributed by atoms with E-state index in [1.165, 1.54) is 4.80 Å². The average Bonchev–Trinajstić information content (AvgIpc) is 2.83. The summed E-state index contributed by atoms with van der Waals surface area (Å²) in [5, 5.41) is 12.3. The molecule has 0 saturated heterocycles. The van der Waals surface area contributed by atoms with E-state index in [9.17, 15) is 8.42 Å². The number of aromatic nitrogens is 4. The molecule has 0 unspecified atom stereocenters. The predicted octanol–water partition coefficient (Wildman–Crippen LogP) is 1.05. The maximum Gasteiger partial charge on any atom is 0.264 e. The van der Waals surface area contributed by atoms with Crippen LogP contribution in [0.4, 0.5) is 0 Å². The summed E-state index contributed by atoms with van der Waals surface area (Å²) in [5.41, 5.74) is 1.10. The van der Waals surface area contributed by atoms with Crippen molar-refractivity contribution in [1.82, 2.24) is 20.2 Å². The molecule has 0 radical (unpaired) electrons. The molecule has 0 fully saturated rings. The van der Waals surface area contributed by atoms with Crippen molar-refractivity contribution in [1.29, 1.82) is 0 Å². The molecule has 0 atom stereocenters. The van der Waals surface area contributed by atoms with Crippen molar-refractivity contribution in [2.75, 3.05) is 6.26 Å². The monoisotopic (exact) mass is 316 g/mol. The van der Waals surface area contributed by atoms with Gasteiger partial charge in [0.1, 0.15) is 6.61 Å². The fourth-order valence-electron chi connectivity index (χ4n) is 1.47. The van der Waals surface area contributed by atoms with Gasteiger partial charge in [-0.3, -0.25) is 4.18 Å². The lowest BCUT2D eigenvalue weighted by atomic mass is 10.1. The number of benzene rings is 1. The summed E-state index contributed by atoms with van der Waals surface area (Å²) in [6, 6.07) is 7.48. The molecule has 1 aromatic heterocycles. The van der Waals surface area contributed by atoms with Gasteiger partial charge in [-0.1, -0.05) is 23.7 Å². The molecule has 0 bridgehead atoms. The Labute approximate surface area is 121 Å². The molecule has 9 heteroatoms. The van der Waals surface area contributed by atoms with Gasteiger partial charge in [-0.2, -0.15) is 13.2 Å². The van der Waals surface area contributed by atoms with Gasteiger partial charge in [-0.05, 0) is 29.3 Å². The molecule has 0 aliphatic carbocycles. The van der Waals surface area contributed by atoms with Crippen LogP contribution in [0, 0.1) is 0 Å². The quantitative estimate of drug-likeness (QED) is 0.740. The molecule has 0 saturated carbocycles. The van der Waals surface area contributed by atoms with Crippen LogP contribution in [0.5, 0.6) is 0 Å². The van der Waals surface area contributed by atoms with Crippen LogP contribution < -0.4 is 0 Å². The van der Waals surface area contributed by atoms with E-state index in [2.05, 4.69) is 19.6 Å². The Bertz CT molecular complexity index is 669. The Morgan fingerprint density at radius 3 is 2.65 bits per heavy atom. The molecule has 0 N–H and O–H groups in total. The van der Waals surface area contributed by atoms with Gasteiger partial charge in [-0.25, -0.2) is 0 Å². The summed E-state index contributed by atoms with van der Waals surface area (Å²) in [5.74, 6) is 0.228. The minimum absolute atomic E-state index is 0.209. The lowest BCUT2D eigenvalue weighted by Gasteiger charge is -2.00. The Morgan fingerprint density at radius 2 is 2.00 bits per heavy atom. The minimum atomic E-state index is -3.50. The normalized spacial score (nSPS) is 11.7. The first-order valence-corrected chi connectivity index (χ1v) is 7.97. The summed E-state index contributed by atoms with van der Waals surface area (Å²) in [6.45, 7) is 0.327. The molecule has 0 aliphatic heterocycles. The van der Waals surface area contributed by atoms with Crippen LogP contribution >= 0.6 is 11.6 Å². The first-order valence-electron chi connectivity index (χ1n) is 5.78. The van der Waals surface area contributed by atoms with E-state index >= 15 is 0 Å². The van der Waals surface area contributed by atoms with E-state index in [0.717, 1.165) is 18.2 Å². The highest BCUT2D eigenvalue weighted by atomic mass is 35.5. The maximum absolute atomic E-state index is 10.8. The fourth-order valence-corrected chi connectivity index (χ4v) is 1.91. The molecule has 7 nitrogen and oxygen atoms in total. The third-order valence-electron chi connectivity index (χ3n) is 2.41. The van der Waals surface area contributed by atoms with Crippen LogP contribution in [-0.4, -0.2) is 34.9 Å². The molecule has 0 aliphatic rings. The summed E-state index contributed by atoms with van der Waals surface area (Å²) in [7, 11) is -3.50. The molecule has 20 heavy (non-hydrogen) atoms. The molecular weight excluding hydrogens is 304 g/mol. The zero-order chi connectivity index (χ0) is 14.6. The molecule has 2 aromatic rings. The summed E-state index contributed by atoms with van der Waals surface area (Å²) in [4.78, 5) is 1.40. The standard InChI is InChI=1S/C11H13ClN4O3S/c1-20(17,18)19-8-11-13-15-16(14-11)7-6-9-2-4-10(12)5-3-9/h2-5H,6-8H2,1H3. The lowest BCUT2D eigenvalue weighted by molar-refractivity contribution is 0.301. The Balaban J connectivity index is 1.88. The van der Waals surface area contributed by atoms with Crippen LogP contribution in [0.25, 0.3) is 0 Å². The van der Waals surface area contributed by atoms with Gasteiger partial charge >= 0.3 is 0 Å². The van der Waals surface area contributed by atoms with Gasteiger partial charge in [0.25, 0.3) is 10.1 Å². The van der Waals surface area contributed by atoms with Gasteiger partial charge in [0.15, 0.2) is 0 Å². The fraction of sp³-hybridized carbons (Fsp3) is 0.364.